The molecule has 0 atom stereocenters. The summed E-state index contributed by atoms with van der Waals surface area (Å²) < 4.78 is 38.5. The fourth-order valence-electron chi connectivity index (χ4n) is 2.09. The van der Waals surface area contributed by atoms with Crippen LogP contribution in [-0.2, 0) is 28.9 Å². The maximum atomic E-state index is 12.8. The summed E-state index contributed by atoms with van der Waals surface area (Å²) in [4.78, 5) is 0. The molecule has 0 saturated heterocycles. The van der Waals surface area contributed by atoms with Gasteiger partial charge < -0.3 is 5.32 Å². The second kappa shape index (κ2) is 7.49. The van der Waals surface area contributed by atoms with Gasteiger partial charge in [0.1, 0.15) is 5.82 Å². The Morgan fingerprint density at radius 3 is 2.23 bits per heavy atom. The van der Waals surface area contributed by atoms with E-state index in [9.17, 15) is 12.8 Å². The highest BCUT2D eigenvalue weighted by Gasteiger charge is 2.11. The second-order valence-electron chi connectivity index (χ2n) is 4.96. The summed E-state index contributed by atoms with van der Waals surface area (Å²) in [6.07, 6.45) is 0. The van der Waals surface area contributed by atoms with E-state index in [0.717, 1.165) is 16.7 Å². The Hall–Kier alpha value is -1.76. The van der Waals surface area contributed by atoms with Crippen molar-refractivity contribution in [2.24, 2.45) is 0 Å². The highest BCUT2D eigenvalue weighted by molar-refractivity contribution is 7.88. The van der Waals surface area contributed by atoms with Crippen LogP contribution < -0.4 is 10.0 Å². The van der Waals surface area contributed by atoms with Crippen LogP contribution in [0.4, 0.5) is 4.39 Å². The molecule has 0 spiro atoms. The second-order valence-corrected chi connectivity index (χ2v) is 6.89. The molecule has 0 heterocycles. The minimum absolute atomic E-state index is 0.0437. The van der Waals surface area contributed by atoms with Gasteiger partial charge in [0.2, 0.25) is 10.0 Å². The number of hydrogen-bond acceptors (Lipinski definition) is 3. The predicted molar refractivity (Wildman–Crippen MR) is 85.1 cm³/mol. The van der Waals surface area contributed by atoms with E-state index in [0.29, 0.717) is 13.1 Å². The van der Waals surface area contributed by atoms with Crippen molar-refractivity contribution in [1.82, 2.24) is 10.0 Å². The normalized spacial score (nSPS) is 11.5. The lowest BCUT2D eigenvalue weighted by molar-refractivity contribution is 0.587. The van der Waals surface area contributed by atoms with Crippen LogP contribution in [0.3, 0.4) is 0 Å². The minimum atomic E-state index is -3.30. The molecule has 0 aliphatic carbocycles. The van der Waals surface area contributed by atoms with Crippen molar-refractivity contribution in [3.8, 4) is 0 Å². The lowest BCUT2D eigenvalue weighted by Crippen LogP contribution is -2.22. The summed E-state index contributed by atoms with van der Waals surface area (Å²) in [5.41, 5.74) is 2.67. The van der Waals surface area contributed by atoms with Crippen molar-refractivity contribution in [2.45, 2.75) is 18.8 Å². The third-order valence-electron chi connectivity index (χ3n) is 3.33. The number of benzene rings is 2. The van der Waals surface area contributed by atoms with Gasteiger partial charge in [0.15, 0.2) is 0 Å². The molecule has 0 aliphatic rings. The van der Waals surface area contributed by atoms with E-state index < -0.39 is 10.0 Å². The number of sulfonamides is 1. The number of halogens is 1. The maximum absolute atomic E-state index is 12.8. The lowest BCUT2D eigenvalue weighted by Gasteiger charge is -2.11. The highest BCUT2D eigenvalue weighted by atomic mass is 32.2. The van der Waals surface area contributed by atoms with Crippen LogP contribution in [0.15, 0.2) is 48.5 Å². The molecule has 0 aromatic heterocycles. The average Bonchev–Trinajstić information content (AvgIpc) is 2.51. The first-order valence-corrected chi connectivity index (χ1v) is 8.58. The Bertz CT molecular complexity index is 715. The van der Waals surface area contributed by atoms with Crippen LogP contribution in [-0.4, -0.2) is 15.5 Å². The highest BCUT2D eigenvalue weighted by Crippen LogP contribution is 2.12. The van der Waals surface area contributed by atoms with Gasteiger partial charge in [-0.15, -0.1) is 0 Å². The summed E-state index contributed by atoms with van der Waals surface area (Å²) in [7, 11) is -1.89. The molecule has 0 amide bonds. The Balaban J connectivity index is 1.99. The monoisotopic (exact) mass is 322 g/mol. The molecular weight excluding hydrogens is 303 g/mol. The van der Waals surface area contributed by atoms with Gasteiger partial charge in [0.25, 0.3) is 0 Å². The van der Waals surface area contributed by atoms with Crippen molar-refractivity contribution in [1.29, 1.82) is 0 Å². The van der Waals surface area contributed by atoms with Gasteiger partial charge in [-0.3, -0.25) is 0 Å². The zero-order valence-corrected chi connectivity index (χ0v) is 13.2. The summed E-state index contributed by atoms with van der Waals surface area (Å²) in [5.74, 6) is -0.302. The lowest BCUT2D eigenvalue weighted by atomic mass is 10.1. The zero-order chi connectivity index (χ0) is 16.0. The molecule has 0 fully saturated rings. The van der Waals surface area contributed by atoms with Crippen molar-refractivity contribution < 1.29 is 12.8 Å². The fourth-order valence-corrected chi connectivity index (χ4v) is 2.93. The molecule has 6 heteroatoms. The smallest absolute Gasteiger partial charge is 0.215 e. The first-order valence-electron chi connectivity index (χ1n) is 6.93. The SMILES string of the molecule is CNS(=O)(=O)Cc1ccccc1CNCc1ccc(F)cc1. The molecule has 22 heavy (non-hydrogen) atoms. The first-order chi connectivity index (χ1) is 10.5. The number of rotatable bonds is 7. The van der Waals surface area contributed by atoms with Gasteiger partial charge in [0, 0.05) is 13.1 Å². The average molecular weight is 322 g/mol. The Morgan fingerprint density at radius 1 is 0.955 bits per heavy atom. The molecular formula is C16H19FN2O2S. The van der Waals surface area contributed by atoms with Gasteiger partial charge >= 0.3 is 0 Å². The molecule has 118 valence electrons. The van der Waals surface area contributed by atoms with E-state index >= 15 is 0 Å². The molecule has 0 saturated carbocycles. The molecule has 2 aromatic rings. The van der Waals surface area contributed by atoms with Crippen molar-refractivity contribution >= 4 is 10.0 Å². The largest absolute Gasteiger partial charge is 0.309 e. The van der Waals surface area contributed by atoms with Crippen molar-refractivity contribution in [2.75, 3.05) is 7.05 Å². The molecule has 0 radical (unpaired) electrons. The third kappa shape index (κ3) is 4.91. The van der Waals surface area contributed by atoms with E-state index in [2.05, 4.69) is 10.0 Å². The Kier molecular flexibility index (Phi) is 5.65. The topological polar surface area (TPSA) is 58.2 Å². The molecule has 4 nitrogen and oxygen atoms in total. The maximum Gasteiger partial charge on any atom is 0.215 e. The van der Waals surface area contributed by atoms with Crippen LogP contribution >= 0.6 is 0 Å². The van der Waals surface area contributed by atoms with E-state index in [-0.39, 0.29) is 11.6 Å². The first kappa shape index (κ1) is 16.6. The van der Waals surface area contributed by atoms with Gasteiger partial charge in [-0.25, -0.2) is 17.5 Å². The van der Waals surface area contributed by atoms with Crippen LogP contribution in [0, 0.1) is 5.82 Å². The summed E-state index contributed by atoms with van der Waals surface area (Å²) in [6.45, 7) is 1.14. The zero-order valence-electron chi connectivity index (χ0n) is 12.3. The van der Waals surface area contributed by atoms with Crippen LogP contribution in [0.25, 0.3) is 0 Å². The summed E-state index contributed by atoms with van der Waals surface area (Å²) >= 11 is 0. The van der Waals surface area contributed by atoms with Crippen LogP contribution in [0.2, 0.25) is 0 Å². The molecule has 2 rings (SSSR count). The van der Waals surface area contributed by atoms with Crippen molar-refractivity contribution in [3.63, 3.8) is 0 Å². The van der Waals surface area contributed by atoms with Crippen LogP contribution in [0.1, 0.15) is 16.7 Å². The van der Waals surface area contributed by atoms with Gasteiger partial charge in [-0.2, -0.15) is 0 Å². The molecule has 2 aromatic carbocycles. The Morgan fingerprint density at radius 2 is 1.59 bits per heavy atom. The molecule has 0 unspecified atom stereocenters. The van der Waals surface area contributed by atoms with Gasteiger partial charge in [-0.1, -0.05) is 36.4 Å². The fraction of sp³-hybridized carbons (Fsp3) is 0.250. The van der Waals surface area contributed by atoms with E-state index in [1.807, 2.05) is 24.3 Å². The standard InChI is InChI=1S/C16H19FN2O2S/c1-18-22(20,21)12-15-5-3-2-4-14(15)11-19-10-13-6-8-16(17)9-7-13/h2-9,18-19H,10-12H2,1H3. The van der Waals surface area contributed by atoms with Gasteiger partial charge in [-0.05, 0) is 35.9 Å². The quantitative estimate of drug-likeness (QED) is 0.821. The van der Waals surface area contributed by atoms with Crippen molar-refractivity contribution in [3.05, 3.63) is 71.0 Å². The van der Waals surface area contributed by atoms with Crippen LogP contribution in [0.5, 0.6) is 0 Å². The van der Waals surface area contributed by atoms with E-state index in [1.165, 1.54) is 19.2 Å². The Labute approximate surface area is 130 Å². The predicted octanol–water partition coefficient (Wildman–Crippen LogP) is 2.16. The number of nitrogens with one attached hydrogen (secondary N) is 2. The third-order valence-corrected chi connectivity index (χ3v) is 4.65. The van der Waals surface area contributed by atoms with E-state index in [1.54, 1.807) is 12.1 Å². The number of hydrogen-bond donors (Lipinski definition) is 2. The minimum Gasteiger partial charge on any atom is -0.309 e. The molecule has 0 bridgehead atoms. The molecule has 0 aliphatic heterocycles. The summed E-state index contributed by atoms with van der Waals surface area (Å²) in [6, 6.07) is 13.7. The molecule has 2 N–H and O–H groups in total. The van der Waals surface area contributed by atoms with Gasteiger partial charge in [0.05, 0.1) is 5.75 Å². The summed E-state index contributed by atoms with van der Waals surface area (Å²) in [5, 5.41) is 3.24. The van der Waals surface area contributed by atoms with E-state index in [4.69, 9.17) is 0 Å².